The summed E-state index contributed by atoms with van der Waals surface area (Å²) < 4.78 is 5.15. The van der Waals surface area contributed by atoms with Gasteiger partial charge in [0.1, 0.15) is 12.6 Å². The van der Waals surface area contributed by atoms with Gasteiger partial charge in [-0.15, -0.1) is 0 Å². The molecule has 3 heterocycles. The minimum absolute atomic E-state index is 0.0162. The highest BCUT2D eigenvalue weighted by atomic mass is 16.6. The lowest BCUT2D eigenvalue weighted by atomic mass is 10.00. The maximum absolute atomic E-state index is 12.8. The Labute approximate surface area is 153 Å². The molecule has 1 aliphatic carbocycles. The van der Waals surface area contributed by atoms with Gasteiger partial charge in [-0.3, -0.25) is 14.7 Å². The van der Waals surface area contributed by atoms with Crippen molar-refractivity contribution in [1.29, 1.82) is 0 Å². The van der Waals surface area contributed by atoms with Crippen LogP contribution in [0.15, 0.2) is 32.6 Å². The fourth-order valence-corrected chi connectivity index (χ4v) is 4.18. The Bertz CT molecular complexity index is 1020. The number of benzene rings is 1. The van der Waals surface area contributed by atoms with E-state index in [9.17, 15) is 14.4 Å². The molecule has 0 bridgehead atoms. The van der Waals surface area contributed by atoms with E-state index in [0.29, 0.717) is 23.2 Å². The monoisotopic (exact) mass is 370 g/mol. The van der Waals surface area contributed by atoms with Crippen molar-refractivity contribution in [3.63, 3.8) is 0 Å². The van der Waals surface area contributed by atoms with Gasteiger partial charge in [0.05, 0.1) is 24.3 Å². The third-order valence-electron chi connectivity index (χ3n) is 5.52. The second kappa shape index (κ2) is 5.97. The SMILES string of the molecule is O=C1CN(CC2=NOC3CCCC23)C(=O)N1Cc1cccc2[nH]c(=O)oc12. The molecule has 0 spiro atoms. The summed E-state index contributed by atoms with van der Waals surface area (Å²) in [5.41, 5.74) is 2.35. The van der Waals surface area contributed by atoms with E-state index >= 15 is 0 Å². The topological polar surface area (TPSA) is 108 Å². The molecule has 2 aliphatic heterocycles. The number of carbonyl (C=O) groups excluding carboxylic acids is 2. The van der Waals surface area contributed by atoms with Crippen LogP contribution < -0.4 is 5.76 Å². The number of hydrogen-bond acceptors (Lipinski definition) is 6. The van der Waals surface area contributed by atoms with Crippen LogP contribution in [-0.2, 0) is 16.2 Å². The fourth-order valence-electron chi connectivity index (χ4n) is 4.18. The molecule has 1 aromatic carbocycles. The Morgan fingerprint density at radius 3 is 2.96 bits per heavy atom. The maximum atomic E-state index is 12.8. The molecular weight excluding hydrogens is 352 g/mol. The molecule has 3 amide bonds. The molecule has 9 heteroatoms. The van der Waals surface area contributed by atoms with Gasteiger partial charge in [0.25, 0.3) is 5.91 Å². The average Bonchev–Trinajstić information content (AvgIpc) is 3.37. The quantitative estimate of drug-likeness (QED) is 0.819. The standard InChI is InChI=1S/C18H18N4O5/c23-15-9-21(8-13-11-4-2-6-14(11)27-20-13)18(25)22(15)7-10-3-1-5-12-16(10)26-17(24)19-12/h1,3,5,11,14H,2,4,6-9H2,(H,19,24). The molecule has 1 aromatic heterocycles. The van der Waals surface area contributed by atoms with E-state index in [-0.39, 0.29) is 37.0 Å². The molecule has 3 aliphatic rings. The molecular formula is C18H18N4O5. The van der Waals surface area contributed by atoms with E-state index < -0.39 is 5.76 Å². The lowest BCUT2D eigenvalue weighted by molar-refractivity contribution is -0.125. The number of oxazole rings is 1. The number of nitrogens with zero attached hydrogens (tertiary/aromatic N) is 3. The Morgan fingerprint density at radius 1 is 1.19 bits per heavy atom. The first-order valence-corrected chi connectivity index (χ1v) is 9.03. The number of amides is 3. The second-order valence-electron chi connectivity index (χ2n) is 7.19. The third kappa shape index (κ3) is 2.61. The first-order chi connectivity index (χ1) is 13.1. The number of H-pyrrole nitrogens is 1. The molecule has 1 N–H and O–H groups in total. The van der Waals surface area contributed by atoms with Gasteiger partial charge >= 0.3 is 11.8 Å². The summed E-state index contributed by atoms with van der Waals surface area (Å²) in [6, 6.07) is 4.83. The van der Waals surface area contributed by atoms with Crippen LogP contribution in [0.1, 0.15) is 24.8 Å². The lowest BCUT2D eigenvalue weighted by Gasteiger charge is -2.18. The van der Waals surface area contributed by atoms with Crippen molar-refractivity contribution >= 4 is 28.7 Å². The van der Waals surface area contributed by atoms with Gasteiger partial charge in [-0.1, -0.05) is 17.3 Å². The van der Waals surface area contributed by atoms with Crippen molar-refractivity contribution in [2.75, 3.05) is 13.1 Å². The average molecular weight is 370 g/mol. The molecule has 2 atom stereocenters. The van der Waals surface area contributed by atoms with Crippen molar-refractivity contribution in [2.24, 2.45) is 11.1 Å². The summed E-state index contributed by atoms with van der Waals surface area (Å²) in [5.74, 6) is -0.592. The van der Waals surface area contributed by atoms with E-state index in [4.69, 9.17) is 9.25 Å². The molecule has 140 valence electrons. The fraction of sp³-hybridized carbons (Fsp3) is 0.444. The number of para-hydroxylation sites is 1. The zero-order valence-corrected chi connectivity index (χ0v) is 14.5. The number of aromatic nitrogens is 1. The Kier molecular flexibility index (Phi) is 3.56. The first-order valence-electron chi connectivity index (χ1n) is 9.03. The van der Waals surface area contributed by atoms with Gasteiger partial charge in [-0.05, 0) is 25.3 Å². The molecule has 2 unspecified atom stereocenters. The molecule has 2 fully saturated rings. The van der Waals surface area contributed by atoms with Crippen molar-refractivity contribution in [2.45, 2.75) is 31.9 Å². The largest absolute Gasteiger partial charge is 0.417 e. The van der Waals surface area contributed by atoms with Crippen LogP contribution in [0.4, 0.5) is 4.79 Å². The third-order valence-corrected chi connectivity index (χ3v) is 5.52. The van der Waals surface area contributed by atoms with Crippen LogP contribution in [0.5, 0.6) is 0 Å². The predicted octanol–water partition coefficient (Wildman–Crippen LogP) is 1.44. The zero-order chi connectivity index (χ0) is 18.5. The molecule has 1 saturated heterocycles. The van der Waals surface area contributed by atoms with E-state index in [1.54, 1.807) is 18.2 Å². The van der Waals surface area contributed by atoms with Gasteiger partial charge in [0, 0.05) is 11.5 Å². The highest BCUT2D eigenvalue weighted by Crippen LogP contribution is 2.34. The molecule has 27 heavy (non-hydrogen) atoms. The number of urea groups is 1. The van der Waals surface area contributed by atoms with Crippen LogP contribution in [-0.4, -0.2) is 51.6 Å². The smallest absolute Gasteiger partial charge is 0.407 e. The summed E-state index contributed by atoms with van der Waals surface area (Å²) in [7, 11) is 0. The van der Waals surface area contributed by atoms with Gasteiger partial charge in [-0.25, -0.2) is 9.59 Å². The second-order valence-corrected chi connectivity index (χ2v) is 7.19. The predicted molar refractivity (Wildman–Crippen MR) is 94.0 cm³/mol. The van der Waals surface area contributed by atoms with E-state index in [1.807, 2.05) is 0 Å². The summed E-state index contributed by atoms with van der Waals surface area (Å²) in [5, 5.41) is 4.13. The van der Waals surface area contributed by atoms with Crippen molar-refractivity contribution in [3.05, 3.63) is 34.3 Å². The van der Waals surface area contributed by atoms with Crippen molar-refractivity contribution in [1.82, 2.24) is 14.8 Å². The van der Waals surface area contributed by atoms with Gasteiger partial charge in [0.15, 0.2) is 5.58 Å². The van der Waals surface area contributed by atoms with Crippen LogP contribution in [0.2, 0.25) is 0 Å². The van der Waals surface area contributed by atoms with E-state index in [1.165, 1.54) is 9.80 Å². The van der Waals surface area contributed by atoms with Gasteiger partial charge < -0.3 is 14.2 Å². The van der Waals surface area contributed by atoms with E-state index in [2.05, 4.69) is 10.1 Å². The van der Waals surface area contributed by atoms with Crippen LogP contribution in [0.25, 0.3) is 11.1 Å². The number of nitrogens with one attached hydrogen (secondary N) is 1. The molecule has 5 rings (SSSR count). The highest BCUT2D eigenvalue weighted by molar-refractivity contribution is 6.04. The summed E-state index contributed by atoms with van der Waals surface area (Å²) in [6.45, 7) is 0.384. The number of imide groups is 1. The first kappa shape index (κ1) is 16.1. The number of rotatable bonds is 4. The number of hydrogen-bond donors (Lipinski definition) is 1. The van der Waals surface area contributed by atoms with Crippen LogP contribution in [0, 0.1) is 5.92 Å². The normalized spacial score (nSPS) is 24.7. The maximum Gasteiger partial charge on any atom is 0.417 e. The number of fused-ring (bicyclic) bond motifs is 2. The number of carbonyl (C=O) groups is 2. The Hall–Kier alpha value is -3.10. The summed E-state index contributed by atoms with van der Waals surface area (Å²) in [6.07, 6.45) is 3.22. The zero-order valence-electron chi connectivity index (χ0n) is 14.5. The summed E-state index contributed by atoms with van der Waals surface area (Å²) >= 11 is 0. The van der Waals surface area contributed by atoms with Crippen molar-refractivity contribution in [3.8, 4) is 0 Å². The minimum atomic E-state index is -0.566. The van der Waals surface area contributed by atoms with Crippen molar-refractivity contribution < 1.29 is 18.8 Å². The van der Waals surface area contributed by atoms with Crippen LogP contribution >= 0.6 is 0 Å². The molecule has 9 nitrogen and oxygen atoms in total. The number of oxime groups is 1. The van der Waals surface area contributed by atoms with Gasteiger partial charge in [-0.2, -0.15) is 0 Å². The van der Waals surface area contributed by atoms with Gasteiger partial charge in [0.2, 0.25) is 0 Å². The molecule has 1 saturated carbocycles. The lowest BCUT2D eigenvalue weighted by Crippen LogP contribution is -2.37. The molecule has 2 aromatic rings. The number of aromatic amines is 1. The molecule has 0 radical (unpaired) electrons. The Morgan fingerprint density at radius 2 is 2.07 bits per heavy atom. The summed E-state index contributed by atoms with van der Waals surface area (Å²) in [4.78, 5) is 47.3. The Balaban J connectivity index is 1.34. The van der Waals surface area contributed by atoms with Crippen LogP contribution in [0.3, 0.4) is 0 Å². The minimum Gasteiger partial charge on any atom is -0.407 e. The highest BCUT2D eigenvalue weighted by Gasteiger charge is 2.42. The van der Waals surface area contributed by atoms with E-state index in [0.717, 1.165) is 25.0 Å².